The summed E-state index contributed by atoms with van der Waals surface area (Å²) in [4.78, 5) is 11.1. The van der Waals surface area contributed by atoms with Crippen LogP contribution in [0.5, 0.6) is 0 Å². The molecule has 0 aliphatic carbocycles. The number of methoxy groups -OCH3 is 1. The van der Waals surface area contributed by atoms with Crippen molar-refractivity contribution < 1.29 is 23.1 Å². The van der Waals surface area contributed by atoms with Crippen LogP contribution in [0.2, 0.25) is 0 Å². The molecule has 0 amide bonds. The Kier molecular flexibility index (Phi) is 4.65. The van der Waals surface area contributed by atoms with Crippen molar-refractivity contribution in [3.8, 4) is 0 Å². The second-order valence-electron chi connectivity index (χ2n) is 3.44. The van der Waals surface area contributed by atoms with Crippen molar-refractivity contribution in [2.45, 2.75) is 11.3 Å². The van der Waals surface area contributed by atoms with Gasteiger partial charge in [0, 0.05) is 0 Å². The van der Waals surface area contributed by atoms with Crippen molar-refractivity contribution in [2.24, 2.45) is 0 Å². The minimum Gasteiger partial charge on any atom is -0.469 e. The van der Waals surface area contributed by atoms with Crippen LogP contribution in [0.15, 0.2) is 29.2 Å². The van der Waals surface area contributed by atoms with Gasteiger partial charge in [-0.1, -0.05) is 12.1 Å². The number of carbonyl (C=O) groups is 1. The van der Waals surface area contributed by atoms with Gasteiger partial charge in [0.2, 0.25) is 0 Å². The van der Waals surface area contributed by atoms with Crippen molar-refractivity contribution in [3.63, 3.8) is 0 Å². The van der Waals surface area contributed by atoms with E-state index in [1.165, 1.54) is 19.2 Å². The van der Waals surface area contributed by atoms with Crippen molar-refractivity contribution in [1.82, 2.24) is 0 Å². The minimum atomic E-state index is -3.43. The predicted octanol–water partition coefficient (Wildman–Crippen LogP) is 0.168. The summed E-state index contributed by atoms with van der Waals surface area (Å²) in [6.45, 7) is -0.410. The van der Waals surface area contributed by atoms with E-state index in [-0.39, 0.29) is 23.0 Å². The third kappa shape index (κ3) is 3.83. The van der Waals surface area contributed by atoms with Gasteiger partial charge in [-0.05, 0) is 17.7 Å². The molecule has 0 spiro atoms. The summed E-state index contributed by atoms with van der Waals surface area (Å²) in [5.74, 6) is -0.681. The fourth-order valence-corrected chi connectivity index (χ4v) is 2.32. The van der Waals surface area contributed by atoms with E-state index < -0.39 is 16.4 Å². The highest BCUT2D eigenvalue weighted by Gasteiger charge is 2.13. The minimum absolute atomic E-state index is 0.108. The van der Waals surface area contributed by atoms with Crippen molar-refractivity contribution in [3.05, 3.63) is 29.8 Å². The zero-order valence-corrected chi connectivity index (χ0v) is 10.2. The van der Waals surface area contributed by atoms with Gasteiger partial charge < -0.3 is 9.84 Å². The van der Waals surface area contributed by atoms with Crippen LogP contribution in [0.4, 0.5) is 0 Å². The number of ether oxygens (including phenoxy) is 1. The Morgan fingerprint density at radius 1 is 1.29 bits per heavy atom. The molecule has 0 aromatic heterocycles. The number of aliphatic hydroxyl groups is 1. The van der Waals surface area contributed by atoms with Crippen molar-refractivity contribution in [1.29, 1.82) is 0 Å². The van der Waals surface area contributed by atoms with E-state index in [0.717, 1.165) is 0 Å². The lowest BCUT2D eigenvalue weighted by Crippen LogP contribution is -2.10. The quantitative estimate of drug-likeness (QED) is 0.761. The van der Waals surface area contributed by atoms with Gasteiger partial charge in [0.25, 0.3) is 0 Å². The summed E-state index contributed by atoms with van der Waals surface area (Å²) in [6, 6.07) is 5.95. The van der Waals surface area contributed by atoms with E-state index in [0.29, 0.717) is 5.56 Å². The highest BCUT2D eigenvalue weighted by atomic mass is 32.2. The molecule has 0 saturated carbocycles. The highest BCUT2D eigenvalue weighted by molar-refractivity contribution is 7.91. The number of benzene rings is 1. The summed E-state index contributed by atoms with van der Waals surface area (Å²) in [6.07, 6.45) is 0.108. The number of carbonyl (C=O) groups excluding carboxylic acids is 1. The monoisotopic (exact) mass is 258 g/mol. The Morgan fingerprint density at radius 2 is 1.88 bits per heavy atom. The summed E-state index contributed by atoms with van der Waals surface area (Å²) < 4.78 is 27.6. The second kappa shape index (κ2) is 5.79. The van der Waals surface area contributed by atoms with Crippen LogP contribution < -0.4 is 0 Å². The number of esters is 1. The number of sulfone groups is 1. The third-order valence-electron chi connectivity index (χ3n) is 2.22. The van der Waals surface area contributed by atoms with E-state index in [9.17, 15) is 13.2 Å². The van der Waals surface area contributed by atoms with E-state index >= 15 is 0 Å². The molecule has 1 N–H and O–H groups in total. The van der Waals surface area contributed by atoms with Gasteiger partial charge in [-0.25, -0.2) is 8.42 Å². The smallest absolute Gasteiger partial charge is 0.309 e. The first-order valence-corrected chi connectivity index (χ1v) is 6.64. The SMILES string of the molecule is COC(=O)Cc1ccc(S(=O)(=O)CCO)cc1. The summed E-state index contributed by atoms with van der Waals surface area (Å²) in [5.41, 5.74) is 0.680. The Balaban J connectivity index is 2.85. The van der Waals surface area contributed by atoms with Gasteiger partial charge in [-0.3, -0.25) is 4.79 Å². The van der Waals surface area contributed by atoms with Crippen molar-refractivity contribution >= 4 is 15.8 Å². The maximum Gasteiger partial charge on any atom is 0.309 e. The molecular weight excluding hydrogens is 244 g/mol. The molecule has 1 aromatic rings. The molecule has 0 fully saturated rings. The van der Waals surface area contributed by atoms with E-state index in [2.05, 4.69) is 4.74 Å². The maximum atomic E-state index is 11.6. The molecule has 1 aromatic carbocycles. The average molecular weight is 258 g/mol. The molecule has 0 radical (unpaired) electrons. The molecule has 1 rings (SSSR count). The molecule has 0 unspecified atom stereocenters. The largest absolute Gasteiger partial charge is 0.469 e. The van der Waals surface area contributed by atoms with Crippen LogP contribution in [0.3, 0.4) is 0 Å². The second-order valence-corrected chi connectivity index (χ2v) is 5.55. The lowest BCUT2D eigenvalue weighted by molar-refractivity contribution is -0.139. The number of aliphatic hydroxyl groups excluding tert-OH is 1. The first-order valence-electron chi connectivity index (χ1n) is 4.99. The molecule has 0 aliphatic rings. The Hall–Kier alpha value is -1.40. The van der Waals surface area contributed by atoms with Gasteiger partial charge in [0.15, 0.2) is 9.84 Å². The van der Waals surface area contributed by atoms with Crippen LogP contribution in [0.25, 0.3) is 0 Å². The fourth-order valence-electron chi connectivity index (χ4n) is 1.29. The maximum absolute atomic E-state index is 11.6. The van der Waals surface area contributed by atoms with Crippen LogP contribution >= 0.6 is 0 Å². The zero-order valence-electron chi connectivity index (χ0n) is 9.42. The molecule has 0 saturated heterocycles. The zero-order chi connectivity index (χ0) is 12.9. The van der Waals surface area contributed by atoms with Crippen LogP contribution in [-0.2, 0) is 25.8 Å². The van der Waals surface area contributed by atoms with Gasteiger partial charge in [0.05, 0.1) is 30.8 Å². The standard InChI is InChI=1S/C11H14O5S/c1-16-11(13)8-9-2-4-10(5-3-9)17(14,15)7-6-12/h2-5,12H,6-8H2,1H3. The van der Waals surface area contributed by atoms with Crippen LogP contribution in [0, 0.1) is 0 Å². The Labute approximate surface area is 100.0 Å². The van der Waals surface area contributed by atoms with E-state index in [4.69, 9.17) is 5.11 Å². The number of hydrogen-bond donors (Lipinski definition) is 1. The normalized spacial score (nSPS) is 11.2. The first kappa shape index (κ1) is 13.7. The Bertz CT molecular complexity index is 475. The van der Waals surface area contributed by atoms with Gasteiger partial charge in [-0.2, -0.15) is 0 Å². The lowest BCUT2D eigenvalue weighted by atomic mass is 10.2. The first-order chi connectivity index (χ1) is 7.99. The molecule has 6 heteroatoms. The van der Waals surface area contributed by atoms with E-state index in [1.54, 1.807) is 12.1 Å². The summed E-state index contributed by atoms with van der Waals surface area (Å²) in [7, 11) is -2.13. The van der Waals surface area contributed by atoms with Crippen molar-refractivity contribution in [2.75, 3.05) is 19.5 Å². The van der Waals surface area contributed by atoms with E-state index in [1.807, 2.05) is 0 Å². The molecule has 0 aliphatic heterocycles. The lowest BCUT2D eigenvalue weighted by Gasteiger charge is -2.04. The average Bonchev–Trinajstić information content (AvgIpc) is 2.29. The predicted molar refractivity (Wildman–Crippen MR) is 61.3 cm³/mol. The van der Waals surface area contributed by atoms with Crippen LogP contribution in [0.1, 0.15) is 5.56 Å². The topological polar surface area (TPSA) is 80.7 Å². The van der Waals surface area contributed by atoms with Gasteiger partial charge in [0.1, 0.15) is 0 Å². The number of rotatable bonds is 5. The molecule has 5 nitrogen and oxygen atoms in total. The molecular formula is C11H14O5S. The summed E-state index contributed by atoms with van der Waals surface area (Å²) >= 11 is 0. The number of hydrogen-bond acceptors (Lipinski definition) is 5. The molecule has 94 valence electrons. The molecule has 0 heterocycles. The highest BCUT2D eigenvalue weighted by Crippen LogP contribution is 2.12. The molecule has 17 heavy (non-hydrogen) atoms. The summed E-state index contributed by atoms with van der Waals surface area (Å²) in [5, 5.41) is 8.63. The van der Waals surface area contributed by atoms with Gasteiger partial charge in [-0.15, -0.1) is 0 Å². The Morgan fingerprint density at radius 3 is 2.35 bits per heavy atom. The molecule has 0 atom stereocenters. The fraction of sp³-hybridized carbons (Fsp3) is 0.364. The molecule has 0 bridgehead atoms. The van der Waals surface area contributed by atoms with Crippen LogP contribution in [-0.4, -0.2) is 39.0 Å². The third-order valence-corrected chi connectivity index (χ3v) is 3.93. The van der Waals surface area contributed by atoms with Gasteiger partial charge >= 0.3 is 5.97 Å².